The quantitative estimate of drug-likeness (QED) is 0.847. The lowest BCUT2D eigenvalue weighted by Gasteiger charge is -2.34. The number of nitrogens with zero attached hydrogens (tertiary/aromatic N) is 1. The van der Waals surface area contributed by atoms with Gasteiger partial charge in [-0.25, -0.2) is 4.39 Å². The Hall–Kier alpha value is -1.82. The molecule has 0 unspecified atom stereocenters. The van der Waals surface area contributed by atoms with Crippen molar-refractivity contribution >= 4 is 23.5 Å². The smallest absolute Gasteiger partial charge is 0.303 e. The number of carboxylic acid groups (broad SMARTS) is 1. The molecule has 1 aromatic carbocycles. The number of carbonyl (C=O) groups excluding carboxylic acids is 1. The van der Waals surface area contributed by atoms with E-state index in [-0.39, 0.29) is 29.0 Å². The SMILES string of the molecule is C[C@H](Oc1ccc(F)cc1Cl)C(=O)N1CCC[C@H](CCC(=O)O)C1. The monoisotopic (exact) mass is 357 g/mol. The molecule has 1 N–H and O–H groups in total. The number of benzene rings is 1. The second kappa shape index (κ2) is 8.33. The Morgan fingerprint density at radius 1 is 1.50 bits per heavy atom. The van der Waals surface area contributed by atoms with Gasteiger partial charge >= 0.3 is 5.97 Å². The molecule has 1 heterocycles. The molecule has 0 spiro atoms. The zero-order valence-corrected chi connectivity index (χ0v) is 14.3. The van der Waals surface area contributed by atoms with Crippen molar-refractivity contribution in [2.45, 2.75) is 38.7 Å². The number of hydrogen-bond acceptors (Lipinski definition) is 3. The molecule has 2 rings (SSSR count). The van der Waals surface area contributed by atoms with E-state index in [9.17, 15) is 14.0 Å². The summed E-state index contributed by atoms with van der Waals surface area (Å²) in [7, 11) is 0. The van der Waals surface area contributed by atoms with E-state index in [1.807, 2.05) is 0 Å². The molecule has 132 valence electrons. The summed E-state index contributed by atoms with van der Waals surface area (Å²) in [5.74, 6) is -1.00. The fraction of sp³-hybridized carbons (Fsp3) is 0.529. The van der Waals surface area contributed by atoms with Crippen LogP contribution in [0.25, 0.3) is 0 Å². The number of carboxylic acids is 1. The normalized spacial score (nSPS) is 19.0. The molecule has 0 aromatic heterocycles. The van der Waals surface area contributed by atoms with Crippen LogP contribution in [0.3, 0.4) is 0 Å². The Labute approximate surface area is 145 Å². The standard InChI is InChI=1S/C17H21ClFNO4/c1-11(24-15-6-5-13(19)9-14(15)18)17(23)20-8-2-3-12(10-20)4-7-16(21)22/h5-6,9,11-12H,2-4,7-8,10H2,1H3,(H,21,22)/t11-,12+/m0/s1. The second-order valence-electron chi connectivity index (χ2n) is 6.06. The number of hydrogen-bond donors (Lipinski definition) is 1. The Morgan fingerprint density at radius 2 is 2.25 bits per heavy atom. The van der Waals surface area contributed by atoms with Crippen molar-refractivity contribution in [1.82, 2.24) is 4.90 Å². The Kier molecular flexibility index (Phi) is 6.43. The summed E-state index contributed by atoms with van der Waals surface area (Å²) in [6.07, 6.45) is 1.71. The zero-order chi connectivity index (χ0) is 17.7. The average molecular weight is 358 g/mol. The van der Waals surface area contributed by atoms with E-state index in [2.05, 4.69) is 0 Å². The van der Waals surface area contributed by atoms with Gasteiger partial charge in [-0.3, -0.25) is 9.59 Å². The van der Waals surface area contributed by atoms with E-state index in [0.717, 1.165) is 18.9 Å². The van der Waals surface area contributed by atoms with Crippen LogP contribution in [0.2, 0.25) is 5.02 Å². The van der Waals surface area contributed by atoms with Crippen LogP contribution in [0.1, 0.15) is 32.6 Å². The van der Waals surface area contributed by atoms with Crippen LogP contribution in [0.4, 0.5) is 4.39 Å². The summed E-state index contributed by atoms with van der Waals surface area (Å²) in [4.78, 5) is 24.9. The lowest BCUT2D eigenvalue weighted by Crippen LogP contribution is -2.45. The maximum atomic E-state index is 13.0. The van der Waals surface area contributed by atoms with Gasteiger partial charge in [-0.05, 0) is 50.3 Å². The van der Waals surface area contributed by atoms with Gasteiger partial charge in [0.05, 0.1) is 5.02 Å². The lowest BCUT2D eigenvalue weighted by atomic mass is 9.93. The summed E-state index contributed by atoms with van der Waals surface area (Å²) in [5, 5.41) is 8.90. The predicted octanol–water partition coefficient (Wildman–Crippen LogP) is 3.35. The fourth-order valence-electron chi connectivity index (χ4n) is 2.90. The highest BCUT2D eigenvalue weighted by molar-refractivity contribution is 6.32. The number of ether oxygens (including phenoxy) is 1. The summed E-state index contributed by atoms with van der Waals surface area (Å²) in [6.45, 7) is 2.80. The highest BCUT2D eigenvalue weighted by Crippen LogP contribution is 2.27. The molecule has 0 radical (unpaired) electrons. The van der Waals surface area contributed by atoms with Gasteiger partial charge in [0.1, 0.15) is 11.6 Å². The first kappa shape index (κ1) is 18.5. The van der Waals surface area contributed by atoms with Gasteiger partial charge in [-0.2, -0.15) is 0 Å². The molecule has 24 heavy (non-hydrogen) atoms. The van der Waals surface area contributed by atoms with E-state index < -0.39 is 17.9 Å². The van der Waals surface area contributed by atoms with Gasteiger partial charge in [0.25, 0.3) is 5.91 Å². The van der Waals surface area contributed by atoms with Crippen LogP contribution >= 0.6 is 11.6 Å². The summed E-state index contributed by atoms with van der Waals surface area (Å²) in [5.41, 5.74) is 0. The van der Waals surface area contributed by atoms with Gasteiger partial charge in [0.2, 0.25) is 0 Å². The molecule has 0 aliphatic carbocycles. The Morgan fingerprint density at radius 3 is 2.92 bits per heavy atom. The largest absolute Gasteiger partial charge is 0.481 e. The van der Waals surface area contributed by atoms with E-state index in [1.54, 1.807) is 11.8 Å². The minimum Gasteiger partial charge on any atom is -0.481 e. The molecule has 1 aliphatic rings. The maximum Gasteiger partial charge on any atom is 0.303 e. The van der Waals surface area contributed by atoms with Crippen LogP contribution in [0.5, 0.6) is 5.75 Å². The molecule has 0 bridgehead atoms. The predicted molar refractivity (Wildman–Crippen MR) is 87.7 cm³/mol. The van der Waals surface area contributed by atoms with Gasteiger partial charge in [0.15, 0.2) is 6.10 Å². The molecule has 5 nitrogen and oxygen atoms in total. The van der Waals surface area contributed by atoms with E-state index in [1.165, 1.54) is 12.1 Å². The summed E-state index contributed by atoms with van der Waals surface area (Å²) < 4.78 is 18.6. The number of piperidine rings is 1. The third-order valence-electron chi connectivity index (χ3n) is 4.14. The second-order valence-corrected chi connectivity index (χ2v) is 6.47. The molecular formula is C17H21ClFNO4. The first-order chi connectivity index (χ1) is 11.4. The molecule has 2 atom stereocenters. The molecule has 1 fully saturated rings. The molecule has 1 aliphatic heterocycles. The minimum absolute atomic E-state index is 0.115. The van der Waals surface area contributed by atoms with Gasteiger partial charge in [0, 0.05) is 19.5 Å². The topological polar surface area (TPSA) is 66.8 Å². The van der Waals surface area contributed by atoms with E-state index >= 15 is 0 Å². The van der Waals surface area contributed by atoms with Crippen molar-refractivity contribution in [3.05, 3.63) is 29.0 Å². The number of aliphatic carboxylic acids is 1. The van der Waals surface area contributed by atoms with Gasteiger partial charge < -0.3 is 14.7 Å². The molecule has 1 amide bonds. The van der Waals surface area contributed by atoms with Crippen molar-refractivity contribution in [2.75, 3.05) is 13.1 Å². The van der Waals surface area contributed by atoms with E-state index in [0.29, 0.717) is 19.5 Å². The number of rotatable bonds is 6. The number of carbonyl (C=O) groups is 2. The Bertz CT molecular complexity index is 610. The van der Waals surface area contributed by atoms with Crippen molar-refractivity contribution in [2.24, 2.45) is 5.92 Å². The molecular weight excluding hydrogens is 337 g/mol. The third kappa shape index (κ3) is 5.09. The molecule has 1 saturated heterocycles. The summed E-state index contributed by atoms with van der Waals surface area (Å²) >= 11 is 5.91. The molecule has 7 heteroatoms. The third-order valence-corrected chi connectivity index (χ3v) is 4.44. The average Bonchev–Trinajstić information content (AvgIpc) is 2.55. The Balaban J connectivity index is 1.93. The van der Waals surface area contributed by atoms with Crippen LogP contribution in [0.15, 0.2) is 18.2 Å². The first-order valence-electron chi connectivity index (χ1n) is 7.99. The van der Waals surface area contributed by atoms with Crippen LogP contribution < -0.4 is 4.74 Å². The van der Waals surface area contributed by atoms with Gasteiger partial charge in [-0.1, -0.05) is 11.6 Å². The van der Waals surface area contributed by atoms with Crippen molar-refractivity contribution < 1.29 is 23.8 Å². The van der Waals surface area contributed by atoms with Gasteiger partial charge in [-0.15, -0.1) is 0 Å². The van der Waals surface area contributed by atoms with Crippen LogP contribution in [0, 0.1) is 11.7 Å². The van der Waals surface area contributed by atoms with Crippen LogP contribution in [-0.2, 0) is 9.59 Å². The van der Waals surface area contributed by atoms with Crippen molar-refractivity contribution in [3.8, 4) is 5.75 Å². The highest BCUT2D eigenvalue weighted by atomic mass is 35.5. The fourth-order valence-corrected chi connectivity index (χ4v) is 3.11. The molecule has 0 saturated carbocycles. The van der Waals surface area contributed by atoms with Crippen molar-refractivity contribution in [3.63, 3.8) is 0 Å². The minimum atomic E-state index is -0.818. The number of likely N-dealkylation sites (tertiary alicyclic amines) is 1. The highest BCUT2D eigenvalue weighted by Gasteiger charge is 2.28. The number of amides is 1. The lowest BCUT2D eigenvalue weighted by molar-refractivity contribution is -0.140. The van der Waals surface area contributed by atoms with E-state index in [4.69, 9.17) is 21.4 Å². The zero-order valence-electron chi connectivity index (χ0n) is 13.5. The van der Waals surface area contributed by atoms with Crippen LogP contribution in [-0.4, -0.2) is 41.1 Å². The molecule has 1 aromatic rings. The van der Waals surface area contributed by atoms with Crippen molar-refractivity contribution in [1.29, 1.82) is 0 Å². The summed E-state index contributed by atoms with van der Waals surface area (Å²) in [6, 6.07) is 3.76. The number of halogens is 2. The first-order valence-corrected chi connectivity index (χ1v) is 8.37. The maximum absolute atomic E-state index is 13.0.